The number of amides is 1. The quantitative estimate of drug-likeness (QED) is 0.844. The highest BCUT2D eigenvalue weighted by Gasteiger charge is 2.10. The van der Waals surface area contributed by atoms with Gasteiger partial charge in [-0.1, -0.05) is 11.6 Å². The molecule has 1 aromatic rings. The van der Waals surface area contributed by atoms with E-state index in [2.05, 4.69) is 10.6 Å². The van der Waals surface area contributed by atoms with E-state index < -0.39 is 0 Å². The van der Waals surface area contributed by atoms with Crippen molar-refractivity contribution in [3.05, 3.63) is 34.6 Å². The van der Waals surface area contributed by atoms with E-state index in [1.807, 2.05) is 20.8 Å². The van der Waals surface area contributed by atoms with Crippen LogP contribution in [0.25, 0.3) is 0 Å². The highest BCUT2D eigenvalue weighted by Crippen LogP contribution is 2.14. The Labute approximate surface area is 118 Å². The van der Waals surface area contributed by atoms with Gasteiger partial charge in [0.1, 0.15) is 5.82 Å². The lowest BCUT2D eigenvalue weighted by Crippen LogP contribution is -2.36. The smallest absolute Gasteiger partial charge is 0.221 e. The molecule has 0 saturated carbocycles. The number of halogens is 2. The van der Waals surface area contributed by atoms with E-state index in [1.54, 1.807) is 6.07 Å². The highest BCUT2D eigenvalue weighted by molar-refractivity contribution is 6.30. The Morgan fingerprint density at radius 1 is 1.37 bits per heavy atom. The molecule has 1 aromatic carbocycles. The molecule has 1 rings (SSSR count). The zero-order valence-corrected chi connectivity index (χ0v) is 12.2. The Kier molecular flexibility index (Phi) is 6.25. The van der Waals surface area contributed by atoms with E-state index in [0.29, 0.717) is 23.6 Å². The molecule has 3 nitrogen and oxygen atoms in total. The van der Waals surface area contributed by atoms with Crippen molar-refractivity contribution in [2.45, 2.75) is 45.8 Å². The Morgan fingerprint density at radius 3 is 2.68 bits per heavy atom. The third-order valence-electron chi connectivity index (χ3n) is 2.59. The molecule has 0 radical (unpaired) electrons. The van der Waals surface area contributed by atoms with Gasteiger partial charge in [0, 0.05) is 35.6 Å². The van der Waals surface area contributed by atoms with Gasteiger partial charge in [0.15, 0.2) is 0 Å². The molecule has 106 valence electrons. The van der Waals surface area contributed by atoms with Gasteiger partial charge >= 0.3 is 0 Å². The zero-order chi connectivity index (χ0) is 14.4. The number of carbonyl (C=O) groups excluding carboxylic acids is 1. The first-order valence-electron chi connectivity index (χ1n) is 6.35. The van der Waals surface area contributed by atoms with E-state index in [0.717, 1.165) is 0 Å². The van der Waals surface area contributed by atoms with E-state index in [9.17, 15) is 9.18 Å². The summed E-state index contributed by atoms with van der Waals surface area (Å²) in [4.78, 5) is 11.5. The third kappa shape index (κ3) is 6.03. The summed E-state index contributed by atoms with van der Waals surface area (Å²) < 4.78 is 13.5. The fourth-order valence-electron chi connectivity index (χ4n) is 1.69. The molecule has 2 N–H and O–H groups in total. The van der Waals surface area contributed by atoms with Crippen molar-refractivity contribution in [3.63, 3.8) is 0 Å². The maximum atomic E-state index is 13.5. The third-order valence-corrected chi connectivity index (χ3v) is 2.83. The molecular weight excluding hydrogens is 267 g/mol. The molecule has 0 aliphatic carbocycles. The molecule has 0 fully saturated rings. The zero-order valence-electron chi connectivity index (χ0n) is 11.5. The lowest BCUT2D eigenvalue weighted by Gasteiger charge is -2.15. The first-order chi connectivity index (χ1) is 8.88. The molecule has 5 heteroatoms. The molecule has 0 aromatic heterocycles. The van der Waals surface area contributed by atoms with E-state index in [-0.39, 0.29) is 23.8 Å². The van der Waals surface area contributed by atoms with Crippen molar-refractivity contribution in [1.82, 2.24) is 10.6 Å². The molecule has 0 aliphatic rings. The van der Waals surface area contributed by atoms with Gasteiger partial charge in [-0.15, -0.1) is 0 Å². The van der Waals surface area contributed by atoms with Gasteiger partial charge in [-0.05, 0) is 39.0 Å². The van der Waals surface area contributed by atoms with Crippen molar-refractivity contribution in [2.75, 3.05) is 0 Å². The number of benzene rings is 1. The Balaban J connectivity index is 2.43. The van der Waals surface area contributed by atoms with E-state index >= 15 is 0 Å². The molecule has 0 saturated heterocycles. The van der Waals surface area contributed by atoms with Crippen LogP contribution in [0.1, 0.15) is 32.8 Å². The summed E-state index contributed by atoms with van der Waals surface area (Å²) >= 11 is 5.82. The molecule has 1 amide bonds. The largest absolute Gasteiger partial charge is 0.354 e. The van der Waals surface area contributed by atoms with E-state index in [1.165, 1.54) is 12.1 Å². The van der Waals surface area contributed by atoms with Crippen LogP contribution in [-0.4, -0.2) is 18.0 Å². The number of nitrogens with one attached hydrogen (secondary N) is 2. The van der Waals surface area contributed by atoms with Gasteiger partial charge in [-0.3, -0.25) is 4.79 Å². The number of rotatable bonds is 6. The molecule has 0 aliphatic heterocycles. The van der Waals surface area contributed by atoms with Crippen LogP contribution in [0.2, 0.25) is 5.02 Å². The maximum Gasteiger partial charge on any atom is 0.221 e. The second-order valence-electron chi connectivity index (χ2n) is 4.94. The predicted octanol–water partition coefficient (Wildman–Crippen LogP) is 2.87. The van der Waals surface area contributed by atoms with Gasteiger partial charge in [0.05, 0.1) is 0 Å². The van der Waals surface area contributed by atoms with Crippen molar-refractivity contribution in [1.29, 1.82) is 0 Å². The van der Waals surface area contributed by atoms with Crippen molar-refractivity contribution < 1.29 is 9.18 Å². The molecule has 1 unspecified atom stereocenters. The second-order valence-corrected chi connectivity index (χ2v) is 5.38. The monoisotopic (exact) mass is 286 g/mol. The molecule has 0 spiro atoms. The van der Waals surface area contributed by atoms with Crippen LogP contribution in [-0.2, 0) is 11.3 Å². The SMILES string of the molecule is CC(C)NC(=O)CC(C)NCc1cc(Cl)ccc1F. The van der Waals surface area contributed by atoms with E-state index in [4.69, 9.17) is 11.6 Å². The normalized spacial score (nSPS) is 12.5. The average molecular weight is 287 g/mol. The summed E-state index contributed by atoms with van der Waals surface area (Å²) in [5.41, 5.74) is 0.503. The summed E-state index contributed by atoms with van der Waals surface area (Å²) in [7, 11) is 0. The molecule has 19 heavy (non-hydrogen) atoms. The number of carbonyl (C=O) groups is 1. The minimum absolute atomic E-state index is 0.0124. The fraction of sp³-hybridized carbons (Fsp3) is 0.500. The van der Waals surface area contributed by atoms with Crippen LogP contribution in [0, 0.1) is 5.82 Å². The summed E-state index contributed by atoms with van der Waals surface area (Å²) in [6.45, 7) is 6.07. The first-order valence-corrected chi connectivity index (χ1v) is 6.73. The first kappa shape index (κ1) is 15.9. The average Bonchev–Trinajstić information content (AvgIpc) is 2.29. The predicted molar refractivity (Wildman–Crippen MR) is 75.6 cm³/mol. The lowest BCUT2D eigenvalue weighted by atomic mass is 10.1. The second kappa shape index (κ2) is 7.46. The highest BCUT2D eigenvalue weighted by atomic mass is 35.5. The molecular formula is C14H20ClFN2O. The Hall–Kier alpha value is -1.13. The van der Waals surface area contributed by atoms with Crippen molar-refractivity contribution in [3.8, 4) is 0 Å². The summed E-state index contributed by atoms with van der Waals surface area (Å²) in [6.07, 6.45) is 0.361. The van der Waals surface area contributed by atoms with Gasteiger partial charge in [-0.25, -0.2) is 4.39 Å². The fourth-order valence-corrected chi connectivity index (χ4v) is 1.89. The topological polar surface area (TPSA) is 41.1 Å². The molecule has 0 heterocycles. The minimum Gasteiger partial charge on any atom is -0.354 e. The van der Waals surface area contributed by atoms with Crippen LogP contribution in [0.15, 0.2) is 18.2 Å². The van der Waals surface area contributed by atoms with Crippen LogP contribution >= 0.6 is 11.6 Å². The number of hydrogen-bond acceptors (Lipinski definition) is 2. The minimum atomic E-state index is -0.296. The van der Waals surface area contributed by atoms with Gasteiger partial charge < -0.3 is 10.6 Å². The summed E-state index contributed by atoms with van der Waals surface area (Å²) in [6, 6.07) is 4.54. The van der Waals surface area contributed by atoms with Gasteiger partial charge in [0.25, 0.3) is 0 Å². The Bertz CT molecular complexity index is 437. The summed E-state index contributed by atoms with van der Waals surface area (Å²) in [5, 5.41) is 6.43. The summed E-state index contributed by atoms with van der Waals surface area (Å²) in [5.74, 6) is -0.308. The van der Waals surface area contributed by atoms with Crippen LogP contribution < -0.4 is 10.6 Å². The molecule has 0 bridgehead atoms. The van der Waals surface area contributed by atoms with Crippen LogP contribution in [0.4, 0.5) is 4.39 Å². The lowest BCUT2D eigenvalue weighted by molar-refractivity contribution is -0.122. The van der Waals surface area contributed by atoms with Crippen LogP contribution in [0.5, 0.6) is 0 Å². The standard InChI is InChI=1S/C14H20ClFN2O/c1-9(2)18-14(19)6-10(3)17-8-11-7-12(15)4-5-13(11)16/h4-5,7,9-10,17H,6,8H2,1-3H3,(H,18,19). The maximum absolute atomic E-state index is 13.5. The van der Waals surface area contributed by atoms with Gasteiger partial charge in [0.2, 0.25) is 5.91 Å². The number of hydrogen-bond donors (Lipinski definition) is 2. The Morgan fingerprint density at radius 2 is 2.05 bits per heavy atom. The van der Waals surface area contributed by atoms with Gasteiger partial charge in [-0.2, -0.15) is 0 Å². The van der Waals surface area contributed by atoms with Crippen LogP contribution in [0.3, 0.4) is 0 Å². The van der Waals surface area contributed by atoms with Crippen molar-refractivity contribution in [2.24, 2.45) is 0 Å². The molecule has 1 atom stereocenters. The van der Waals surface area contributed by atoms with Crippen molar-refractivity contribution >= 4 is 17.5 Å².